The van der Waals surface area contributed by atoms with Gasteiger partial charge in [-0.2, -0.15) is 0 Å². The van der Waals surface area contributed by atoms with Crippen LogP contribution in [0.25, 0.3) is 0 Å². The Hall–Kier alpha value is -1.54. The second-order valence-corrected chi connectivity index (χ2v) is 7.63. The fraction of sp³-hybridized carbons (Fsp3) is 0.368. The summed E-state index contributed by atoms with van der Waals surface area (Å²) in [4.78, 5) is 2.02. The molecule has 0 saturated heterocycles. The number of benzene rings is 2. The van der Waals surface area contributed by atoms with Crippen molar-refractivity contribution < 1.29 is 17.7 Å². The van der Waals surface area contributed by atoms with Gasteiger partial charge in [-0.05, 0) is 36.9 Å². The zero-order valence-corrected chi connectivity index (χ0v) is 15.1. The van der Waals surface area contributed by atoms with Gasteiger partial charge in [0, 0.05) is 31.8 Å². The maximum Gasteiger partial charge on any atom is 0.212 e. The molecule has 1 aliphatic rings. The third-order valence-corrected chi connectivity index (χ3v) is 5.70. The molecule has 0 aromatic heterocycles. The number of hydrogen-bond donors (Lipinski definition) is 1. The second kappa shape index (κ2) is 8.90. The summed E-state index contributed by atoms with van der Waals surface area (Å²) in [6.45, 7) is 3.31. The second-order valence-electron chi connectivity index (χ2n) is 6.36. The minimum absolute atomic E-state index is 0.364. The number of unbranched alkanes of at least 4 members (excludes halogenated alkanes) is 1. The van der Waals surface area contributed by atoms with Crippen LogP contribution in [0.4, 0.5) is 13.2 Å². The van der Waals surface area contributed by atoms with Crippen LogP contribution in [0.1, 0.15) is 24.0 Å². The monoisotopic (exact) mass is 382 g/mol. The Morgan fingerprint density at radius 2 is 1.73 bits per heavy atom. The lowest BCUT2D eigenvalue weighted by Crippen LogP contribution is -2.32. The van der Waals surface area contributed by atoms with E-state index < -0.39 is 28.8 Å². The topological polar surface area (TPSA) is 38.3 Å². The molecule has 1 unspecified atom stereocenters. The zero-order chi connectivity index (χ0) is 18.5. The van der Waals surface area contributed by atoms with Gasteiger partial charge in [0.2, 0.25) is 4.90 Å². The minimum Gasteiger partial charge on any atom is -0.593 e. The first-order valence-electron chi connectivity index (χ1n) is 8.63. The first-order valence-corrected chi connectivity index (χ1v) is 9.78. The molecule has 7 heteroatoms. The first kappa shape index (κ1) is 19.2. The molecule has 1 N–H and O–H groups in total. The molecule has 1 atom stereocenters. The van der Waals surface area contributed by atoms with E-state index in [1.54, 1.807) is 0 Å². The van der Waals surface area contributed by atoms with Crippen molar-refractivity contribution in [2.45, 2.75) is 30.7 Å². The number of halogens is 3. The first-order chi connectivity index (χ1) is 12.5. The van der Waals surface area contributed by atoms with Crippen LogP contribution in [-0.2, 0) is 24.3 Å². The molecule has 140 valence electrons. The number of nitrogens with zero attached hydrogens (tertiary/aromatic N) is 1. The Balaban J connectivity index is 1.39. The summed E-state index contributed by atoms with van der Waals surface area (Å²) in [5.74, 6) is -3.50. The summed E-state index contributed by atoms with van der Waals surface area (Å²) in [6.07, 6.45) is 2.72. The van der Waals surface area contributed by atoms with Crippen LogP contribution in [0.5, 0.6) is 0 Å². The Labute approximate surface area is 154 Å². The fourth-order valence-corrected chi connectivity index (χ4v) is 4.03. The molecule has 0 fully saturated rings. The van der Waals surface area contributed by atoms with E-state index in [1.165, 1.54) is 11.1 Å². The zero-order valence-electron chi connectivity index (χ0n) is 14.3. The lowest BCUT2D eigenvalue weighted by atomic mass is 10.00. The third kappa shape index (κ3) is 4.79. The number of hydrogen-bond acceptors (Lipinski definition) is 3. The standard InChI is InChI=1S/C19H21F3N2OS/c20-16-11-18(22)19(12-17(16)21)26(25)23-8-3-4-9-24-10-7-14-5-1-2-6-15(14)13-24/h1-2,5-6,11-12,23H,3-4,7-10,13H2. The molecule has 1 aliphatic heterocycles. The van der Waals surface area contributed by atoms with Crippen molar-refractivity contribution in [2.75, 3.05) is 19.6 Å². The largest absolute Gasteiger partial charge is 0.593 e. The van der Waals surface area contributed by atoms with Crippen molar-refractivity contribution in [3.05, 3.63) is 65.0 Å². The lowest BCUT2D eigenvalue weighted by Gasteiger charge is -2.28. The fourth-order valence-electron chi connectivity index (χ4n) is 3.09. The van der Waals surface area contributed by atoms with E-state index >= 15 is 0 Å². The molecule has 1 heterocycles. The lowest BCUT2D eigenvalue weighted by molar-refractivity contribution is 0.249. The van der Waals surface area contributed by atoms with Crippen LogP contribution >= 0.6 is 0 Å². The molecule has 3 rings (SSSR count). The number of fused-ring (bicyclic) bond motifs is 1. The summed E-state index contributed by atoms with van der Waals surface area (Å²) in [5, 5.41) is 0. The Morgan fingerprint density at radius 1 is 1.00 bits per heavy atom. The highest BCUT2D eigenvalue weighted by Gasteiger charge is 2.21. The van der Waals surface area contributed by atoms with Crippen molar-refractivity contribution in [2.24, 2.45) is 0 Å². The van der Waals surface area contributed by atoms with Crippen molar-refractivity contribution >= 4 is 11.4 Å². The molecule has 0 spiro atoms. The van der Waals surface area contributed by atoms with Crippen molar-refractivity contribution in [1.29, 1.82) is 0 Å². The van der Waals surface area contributed by atoms with E-state index in [1.807, 2.05) is 0 Å². The summed E-state index contributed by atoms with van der Waals surface area (Å²) in [5.41, 5.74) is 2.78. The molecule has 26 heavy (non-hydrogen) atoms. The van der Waals surface area contributed by atoms with Gasteiger partial charge in [0.1, 0.15) is 0 Å². The van der Waals surface area contributed by atoms with Gasteiger partial charge in [0.15, 0.2) is 17.5 Å². The van der Waals surface area contributed by atoms with Gasteiger partial charge in [-0.25, -0.2) is 13.2 Å². The number of nitrogens with one attached hydrogen (secondary N) is 1. The van der Waals surface area contributed by atoms with E-state index in [2.05, 4.69) is 33.9 Å². The summed E-state index contributed by atoms with van der Waals surface area (Å²) < 4.78 is 54.3. The summed E-state index contributed by atoms with van der Waals surface area (Å²) >= 11 is -1.90. The Kier molecular flexibility index (Phi) is 6.58. The average molecular weight is 382 g/mol. The van der Waals surface area contributed by atoms with Crippen LogP contribution < -0.4 is 4.72 Å². The van der Waals surface area contributed by atoms with E-state index in [-0.39, 0.29) is 4.90 Å². The maximum atomic E-state index is 13.6. The highest BCUT2D eigenvalue weighted by atomic mass is 32.2. The highest BCUT2D eigenvalue weighted by Crippen LogP contribution is 2.19. The van der Waals surface area contributed by atoms with E-state index in [9.17, 15) is 17.7 Å². The molecule has 0 amide bonds. The van der Waals surface area contributed by atoms with Crippen LogP contribution in [0.3, 0.4) is 0 Å². The van der Waals surface area contributed by atoms with Crippen molar-refractivity contribution in [3.8, 4) is 0 Å². The van der Waals surface area contributed by atoms with Gasteiger partial charge in [-0.15, -0.1) is 4.72 Å². The molecular formula is C19H21F3N2OS. The smallest absolute Gasteiger partial charge is 0.212 e. The predicted octanol–water partition coefficient (Wildman–Crippen LogP) is 3.55. The van der Waals surface area contributed by atoms with E-state index in [0.29, 0.717) is 18.7 Å². The molecule has 3 nitrogen and oxygen atoms in total. The summed E-state index contributed by atoms with van der Waals surface area (Å²) in [7, 11) is 0. The molecule has 0 bridgehead atoms. The van der Waals surface area contributed by atoms with Gasteiger partial charge >= 0.3 is 0 Å². The van der Waals surface area contributed by atoms with Crippen LogP contribution in [0.15, 0.2) is 41.3 Å². The third-order valence-electron chi connectivity index (χ3n) is 4.52. The molecule has 2 aromatic rings. The van der Waals surface area contributed by atoms with E-state index in [0.717, 1.165) is 38.9 Å². The molecule has 2 aromatic carbocycles. The Morgan fingerprint density at radius 3 is 2.54 bits per heavy atom. The van der Waals surface area contributed by atoms with Gasteiger partial charge in [-0.1, -0.05) is 24.3 Å². The molecule has 0 saturated carbocycles. The minimum atomic E-state index is -1.90. The Bertz CT molecular complexity index is 760. The normalized spacial score (nSPS) is 15.7. The molecular weight excluding hydrogens is 361 g/mol. The van der Waals surface area contributed by atoms with Crippen LogP contribution in [0, 0.1) is 17.5 Å². The maximum absolute atomic E-state index is 13.6. The van der Waals surface area contributed by atoms with Crippen molar-refractivity contribution in [3.63, 3.8) is 0 Å². The van der Waals surface area contributed by atoms with E-state index in [4.69, 9.17) is 0 Å². The summed E-state index contributed by atoms with van der Waals surface area (Å²) in [6, 6.07) is 9.50. The van der Waals surface area contributed by atoms with Gasteiger partial charge in [-0.3, -0.25) is 4.90 Å². The van der Waals surface area contributed by atoms with Gasteiger partial charge in [0.05, 0.1) is 11.4 Å². The number of rotatable bonds is 7. The van der Waals surface area contributed by atoms with Crippen LogP contribution in [0.2, 0.25) is 0 Å². The molecule has 0 aliphatic carbocycles. The predicted molar refractivity (Wildman–Crippen MR) is 95.4 cm³/mol. The molecule has 0 radical (unpaired) electrons. The van der Waals surface area contributed by atoms with Crippen molar-refractivity contribution in [1.82, 2.24) is 9.62 Å². The van der Waals surface area contributed by atoms with Gasteiger partial charge in [0.25, 0.3) is 0 Å². The quantitative estimate of drug-likeness (QED) is 0.452. The average Bonchev–Trinajstić information content (AvgIpc) is 2.64. The van der Waals surface area contributed by atoms with Gasteiger partial charge < -0.3 is 4.55 Å². The highest BCUT2D eigenvalue weighted by molar-refractivity contribution is 7.89. The SMILES string of the molecule is [O-][S+](NCCCCN1CCc2ccccc2C1)c1cc(F)c(F)cc1F. The van der Waals surface area contributed by atoms with Crippen LogP contribution in [-0.4, -0.2) is 29.1 Å².